The van der Waals surface area contributed by atoms with Crippen molar-refractivity contribution in [1.29, 1.82) is 0 Å². The zero-order valence-electron chi connectivity index (χ0n) is 16.7. The zero-order valence-corrected chi connectivity index (χ0v) is 19.8. The fourth-order valence-corrected chi connectivity index (χ4v) is 2.76. The number of carbonyl (C=O) groups is 1. The van der Waals surface area contributed by atoms with E-state index in [1.807, 2.05) is 38.1 Å². The number of hydrogen-bond acceptors (Lipinski definition) is 3. The van der Waals surface area contributed by atoms with Gasteiger partial charge in [-0.2, -0.15) is 0 Å². The van der Waals surface area contributed by atoms with Crippen LogP contribution in [0.2, 0.25) is 5.02 Å². The Morgan fingerprint density at radius 3 is 2.41 bits per heavy atom. The molecule has 6 nitrogen and oxygen atoms in total. The number of para-hydroxylation sites is 1. The molecule has 0 bridgehead atoms. The first kappa shape index (κ1) is 25.0. The van der Waals surface area contributed by atoms with E-state index in [9.17, 15) is 4.79 Å². The molecule has 2 rings (SSSR count). The first-order valence-corrected chi connectivity index (χ1v) is 9.79. The number of nitrogens with zero attached hydrogens (tertiary/aromatic N) is 1. The minimum atomic E-state index is -0.194. The fourth-order valence-electron chi connectivity index (χ4n) is 2.53. The summed E-state index contributed by atoms with van der Waals surface area (Å²) in [6.45, 7) is 6.80. The first-order chi connectivity index (χ1) is 13.7. The summed E-state index contributed by atoms with van der Waals surface area (Å²) < 4.78 is 5.64. The molecule has 0 radical (unpaired) electrons. The smallest absolute Gasteiger partial charge is 0.252 e. The fraction of sp³-hybridized carbons (Fsp3) is 0.333. The van der Waals surface area contributed by atoms with Gasteiger partial charge in [-0.1, -0.05) is 41.9 Å². The SMILES string of the molecule is CCNC(=NCc1ccccc1OCC)NCCNC(=O)c1ccccc1Cl.I. The third kappa shape index (κ3) is 8.49. The molecule has 0 spiro atoms. The van der Waals surface area contributed by atoms with E-state index < -0.39 is 0 Å². The van der Waals surface area contributed by atoms with Crippen molar-refractivity contribution >= 4 is 47.4 Å². The molecule has 0 aliphatic carbocycles. The topological polar surface area (TPSA) is 74.8 Å². The Hall–Kier alpha value is -2.00. The van der Waals surface area contributed by atoms with Crippen molar-refractivity contribution < 1.29 is 9.53 Å². The van der Waals surface area contributed by atoms with Gasteiger partial charge in [-0.3, -0.25) is 4.79 Å². The number of amides is 1. The van der Waals surface area contributed by atoms with Gasteiger partial charge in [-0.15, -0.1) is 24.0 Å². The van der Waals surface area contributed by atoms with Crippen LogP contribution in [0.5, 0.6) is 5.75 Å². The summed E-state index contributed by atoms with van der Waals surface area (Å²) in [6, 6.07) is 14.8. The van der Waals surface area contributed by atoms with Crippen molar-refractivity contribution in [2.45, 2.75) is 20.4 Å². The number of rotatable bonds is 9. The highest BCUT2D eigenvalue weighted by Crippen LogP contribution is 2.18. The van der Waals surface area contributed by atoms with Gasteiger partial charge >= 0.3 is 0 Å². The molecule has 0 saturated carbocycles. The van der Waals surface area contributed by atoms with Gasteiger partial charge in [0.05, 0.1) is 23.7 Å². The molecule has 0 saturated heterocycles. The Balaban J connectivity index is 0.00000420. The van der Waals surface area contributed by atoms with Crippen molar-refractivity contribution in [3.05, 3.63) is 64.7 Å². The third-order valence-electron chi connectivity index (χ3n) is 3.85. The number of carbonyl (C=O) groups excluding carboxylic acids is 1. The lowest BCUT2D eigenvalue weighted by Crippen LogP contribution is -2.41. The maximum absolute atomic E-state index is 12.2. The van der Waals surface area contributed by atoms with Crippen LogP contribution in [0, 0.1) is 0 Å². The molecule has 2 aromatic rings. The van der Waals surface area contributed by atoms with E-state index >= 15 is 0 Å². The van der Waals surface area contributed by atoms with Crippen LogP contribution in [0.3, 0.4) is 0 Å². The van der Waals surface area contributed by atoms with Crippen LogP contribution in [-0.2, 0) is 6.54 Å². The predicted octanol–water partition coefficient (Wildman–Crippen LogP) is 3.84. The quantitative estimate of drug-likeness (QED) is 0.199. The average Bonchev–Trinajstić information content (AvgIpc) is 2.70. The van der Waals surface area contributed by atoms with E-state index in [-0.39, 0.29) is 29.9 Å². The average molecular weight is 531 g/mol. The first-order valence-electron chi connectivity index (χ1n) is 9.41. The largest absolute Gasteiger partial charge is 0.494 e. The van der Waals surface area contributed by atoms with E-state index in [0.717, 1.165) is 17.9 Å². The maximum atomic E-state index is 12.2. The number of benzene rings is 2. The summed E-state index contributed by atoms with van der Waals surface area (Å²) in [6.07, 6.45) is 0. The summed E-state index contributed by atoms with van der Waals surface area (Å²) in [5.74, 6) is 1.33. The van der Waals surface area contributed by atoms with Gasteiger partial charge in [-0.25, -0.2) is 4.99 Å². The molecule has 1 amide bonds. The van der Waals surface area contributed by atoms with Crippen molar-refractivity contribution in [2.24, 2.45) is 4.99 Å². The van der Waals surface area contributed by atoms with Crippen LogP contribution in [-0.4, -0.2) is 38.1 Å². The Kier molecular flexibility index (Phi) is 12.1. The highest BCUT2D eigenvalue weighted by atomic mass is 127. The van der Waals surface area contributed by atoms with Gasteiger partial charge in [0.15, 0.2) is 5.96 Å². The lowest BCUT2D eigenvalue weighted by atomic mass is 10.2. The van der Waals surface area contributed by atoms with E-state index in [1.54, 1.807) is 24.3 Å². The molecule has 0 aliphatic heterocycles. The number of aliphatic imine (C=N–C) groups is 1. The summed E-state index contributed by atoms with van der Waals surface area (Å²) in [5, 5.41) is 9.70. The second-order valence-corrected chi connectivity index (χ2v) is 6.31. The second kappa shape index (κ2) is 14.1. The van der Waals surface area contributed by atoms with Crippen LogP contribution in [0.25, 0.3) is 0 Å². The van der Waals surface area contributed by atoms with Gasteiger partial charge in [-0.05, 0) is 32.0 Å². The van der Waals surface area contributed by atoms with Crippen molar-refractivity contribution in [2.75, 3.05) is 26.2 Å². The molecule has 0 unspecified atom stereocenters. The molecular weight excluding hydrogens is 503 g/mol. The number of ether oxygens (including phenoxy) is 1. The maximum Gasteiger partial charge on any atom is 0.252 e. The minimum absolute atomic E-state index is 0. The Morgan fingerprint density at radius 2 is 1.69 bits per heavy atom. The van der Waals surface area contributed by atoms with Gasteiger partial charge in [0.25, 0.3) is 5.91 Å². The monoisotopic (exact) mass is 530 g/mol. The highest BCUT2D eigenvalue weighted by Gasteiger charge is 2.08. The predicted molar refractivity (Wildman–Crippen MR) is 130 cm³/mol. The van der Waals surface area contributed by atoms with Gasteiger partial charge in [0.2, 0.25) is 0 Å². The van der Waals surface area contributed by atoms with Crippen LogP contribution in [0.15, 0.2) is 53.5 Å². The summed E-state index contributed by atoms with van der Waals surface area (Å²) >= 11 is 6.04. The molecular formula is C21H28ClIN4O2. The lowest BCUT2D eigenvalue weighted by Gasteiger charge is -2.13. The highest BCUT2D eigenvalue weighted by molar-refractivity contribution is 14.0. The molecule has 0 aromatic heterocycles. The van der Waals surface area contributed by atoms with E-state index in [0.29, 0.717) is 42.8 Å². The van der Waals surface area contributed by atoms with Crippen LogP contribution in [0.1, 0.15) is 29.8 Å². The molecule has 0 atom stereocenters. The Bertz CT molecular complexity index is 802. The second-order valence-electron chi connectivity index (χ2n) is 5.90. The van der Waals surface area contributed by atoms with Crippen LogP contribution in [0.4, 0.5) is 0 Å². The standard InChI is InChI=1S/C21H27ClN4O2.HI/c1-3-23-21(26-15-16-9-5-8-12-19(16)28-4-2)25-14-13-24-20(27)17-10-6-7-11-18(17)22;/h5-12H,3-4,13-15H2,1-2H3,(H,24,27)(H2,23,25,26);1H. The summed E-state index contributed by atoms with van der Waals surface area (Å²) in [4.78, 5) is 16.8. The molecule has 0 fully saturated rings. The number of nitrogens with one attached hydrogen (secondary N) is 3. The number of guanidine groups is 1. The number of hydrogen-bond donors (Lipinski definition) is 3. The number of halogens is 2. The Morgan fingerprint density at radius 1 is 1.00 bits per heavy atom. The van der Waals surface area contributed by atoms with E-state index in [1.165, 1.54) is 0 Å². The van der Waals surface area contributed by atoms with Crippen molar-refractivity contribution in [3.8, 4) is 5.75 Å². The Labute approximate surface area is 194 Å². The molecule has 0 heterocycles. The van der Waals surface area contributed by atoms with Crippen molar-refractivity contribution in [3.63, 3.8) is 0 Å². The van der Waals surface area contributed by atoms with E-state index in [2.05, 4.69) is 20.9 Å². The van der Waals surface area contributed by atoms with Crippen molar-refractivity contribution in [1.82, 2.24) is 16.0 Å². The van der Waals surface area contributed by atoms with Gasteiger partial charge < -0.3 is 20.7 Å². The van der Waals surface area contributed by atoms with Crippen LogP contribution < -0.4 is 20.7 Å². The lowest BCUT2D eigenvalue weighted by molar-refractivity contribution is 0.0954. The van der Waals surface area contributed by atoms with Crippen LogP contribution >= 0.6 is 35.6 Å². The van der Waals surface area contributed by atoms with Gasteiger partial charge in [0, 0.05) is 25.2 Å². The molecule has 2 aromatic carbocycles. The molecule has 158 valence electrons. The molecule has 3 N–H and O–H groups in total. The molecule has 8 heteroatoms. The zero-order chi connectivity index (χ0) is 20.2. The molecule has 29 heavy (non-hydrogen) atoms. The third-order valence-corrected chi connectivity index (χ3v) is 4.18. The normalized spacial score (nSPS) is 10.7. The summed E-state index contributed by atoms with van der Waals surface area (Å²) in [5.41, 5.74) is 1.49. The summed E-state index contributed by atoms with van der Waals surface area (Å²) in [7, 11) is 0. The molecule has 0 aliphatic rings. The van der Waals surface area contributed by atoms with E-state index in [4.69, 9.17) is 16.3 Å². The minimum Gasteiger partial charge on any atom is -0.494 e. The van der Waals surface area contributed by atoms with Gasteiger partial charge in [0.1, 0.15) is 5.75 Å².